The fraction of sp³-hybridized carbons (Fsp3) is 0.727. The van der Waals surface area contributed by atoms with Crippen LogP contribution < -0.4 is 0 Å². The Labute approximate surface area is 139 Å². The van der Waals surface area contributed by atoms with Gasteiger partial charge in [-0.05, 0) is 48.6 Å². The molecule has 0 nitrogen and oxygen atoms in total. The predicted octanol–water partition coefficient (Wildman–Crippen LogP) is 7.83. The van der Waals surface area contributed by atoms with Crippen LogP contribution >= 0.6 is 0 Å². The summed E-state index contributed by atoms with van der Waals surface area (Å²) in [6.07, 6.45) is 13.5. The van der Waals surface area contributed by atoms with E-state index < -0.39 is 0 Å². The molecule has 0 spiro atoms. The summed E-state index contributed by atoms with van der Waals surface area (Å²) >= 11 is 0. The molecule has 0 aliphatic rings. The van der Waals surface area contributed by atoms with E-state index in [-0.39, 0.29) is 0 Å². The summed E-state index contributed by atoms with van der Waals surface area (Å²) in [4.78, 5) is 0. The molecule has 0 saturated heterocycles. The summed E-state index contributed by atoms with van der Waals surface area (Å²) in [6, 6.07) is 9.33. The van der Waals surface area contributed by atoms with Gasteiger partial charge in [-0.3, -0.25) is 0 Å². The maximum absolute atomic E-state index is 2.41. The maximum atomic E-state index is 2.41. The van der Waals surface area contributed by atoms with Crippen molar-refractivity contribution in [3.05, 3.63) is 35.4 Å². The van der Waals surface area contributed by atoms with Crippen LogP contribution in [0, 0.1) is 0 Å². The lowest BCUT2D eigenvalue weighted by atomic mass is 9.81. The number of rotatable bonds is 12. The Balaban J connectivity index is 2.84. The van der Waals surface area contributed by atoms with Gasteiger partial charge in [-0.1, -0.05) is 90.5 Å². The number of hydrogen-bond donors (Lipinski definition) is 0. The van der Waals surface area contributed by atoms with Crippen LogP contribution in [-0.4, -0.2) is 0 Å². The van der Waals surface area contributed by atoms with Crippen molar-refractivity contribution in [1.29, 1.82) is 0 Å². The summed E-state index contributed by atoms with van der Waals surface area (Å²) in [5, 5.41) is 0. The molecule has 0 fully saturated rings. The first-order chi connectivity index (χ1) is 10.8. The van der Waals surface area contributed by atoms with Crippen LogP contribution in [0.3, 0.4) is 0 Å². The topological polar surface area (TPSA) is 0 Å². The lowest BCUT2D eigenvalue weighted by molar-refractivity contribution is 0.521. The Hall–Kier alpha value is -0.780. The molecule has 0 heterocycles. The average molecular weight is 303 g/mol. The first-order valence-corrected chi connectivity index (χ1v) is 9.87. The Kier molecular flexibility index (Phi) is 10.3. The largest absolute Gasteiger partial charge is 0.0654 e. The van der Waals surface area contributed by atoms with Gasteiger partial charge in [-0.15, -0.1) is 0 Å². The highest BCUT2D eigenvalue weighted by Gasteiger charge is 2.18. The van der Waals surface area contributed by atoms with Crippen LogP contribution in [0.25, 0.3) is 0 Å². The molecule has 0 aromatic heterocycles. The van der Waals surface area contributed by atoms with Crippen LogP contribution in [0.15, 0.2) is 24.3 Å². The molecule has 2 unspecified atom stereocenters. The highest BCUT2D eigenvalue weighted by Crippen LogP contribution is 2.35. The highest BCUT2D eigenvalue weighted by atomic mass is 14.2. The van der Waals surface area contributed by atoms with Gasteiger partial charge in [0.05, 0.1) is 0 Å². The maximum Gasteiger partial charge on any atom is -0.0162 e. The minimum atomic E-state index is 0.767. The molecular formula is C22H38. The molecular weight excluding hydrogens is 264 g/mol. The van der Waals surface area contributed by atoms with Crippen LogP contribution in [0.1, 0.15) is 115 Å². The predicted molar refractivity (Wildman–Crippen MR) is 101 cm³/mol. The van der Waals surface area contributed by atoms with Gasteiger partial charge in [-0.25, -0.2) is 0 Å². The summed E-state index contributed by atoms with van der Waals surface area (Å²) in [6.45, 7) is 9.34. The van der Waals surface area contributed by atoms with Crippen molar-refractivity contribution in [3.63, 3.8) is 0 Å². The minimum Gasteiger partial charge on any atom is -0.0654 e. The molecule has 126 valence electrons. The molecule has 0 aliphatic carbocycles. The summed E-state index contributed by atoms with van der Waals surface area (Å²) < 4.78 is 0. The Morgan fingerprint density at radius 3 is 1.36 bits per heavy atom. The van der Waals surface area contributed by atoms with Gasteiger partial charge in [0, 0.05) is 0 Å². The zero-order valence-corrected chi connectivity index (χ0v) is 15.5. The molecule has 0 saturated carbocycles. The monoisotopic (exact) mass is 302 g/mol. The lowest BCUT2D eigenvalue weighted by Crippen LogP contribution is -2.07. The quantitative estimate of drug-likeness (QED) is 0.345. The normalized spacial score (nSPS) is 14.0. The SMILES string of the molecule is CCCCCC(CC)c1ccccc1C(CC)CCCCC. The van der Waals surface area contributed by atoms with E-state index in [4.69, 9.17) is 0 Å². The molecule has 0 aliphatic heterocycles. The van der Waals surface area contributed by atoms with Crippen molar-refractivity contribution in [3.8, 4) is 0 Å². The average Bonchev–Trinajstić information content (AvgIpc) is 2.56. The van der Waals surface area contributed by atoms with Gasteiger partial charge in [-0.2, -0.15) is 0 Å². The molecule has 1 aromatic rings. The van der Waals surface area contributed by atoms with Crippen LogP contribution in [0.4, 0.5) is 0 Å². The van der Waals surface area contributed by atoms with E-state index in [1.165, 1.54) is 64.2 Å². The van der Waals surface area contributed by atoms with Gasteiger partial charge < -0.3 is 0 Å². The number of hydrogen-bond acceptors (Lipinski definition) is 0. The van der Waals surface area contributed by atoms with E-state index >= 15 is 0 Å². The first kappa shape index (κ1) is 19.3. The Bertz CT molecular complexity index is 342. The van der Waals surface area contributed by atoms with E-state index in [9.17, 15) is 0 Å². The van der Waals surface area contributed by atoms with Gasteiger partial charge >= 0.3 is 0 Å². The summed E-state index contributed by atoms with van der Waals surface area (Å²) in [7, 11) is 0. The zero-order valence-electron chi connectivity index (χ0n) is 15.5. The van der Waals surface area contributed by atoms with E-state index in [1.807, 2.05) is 0 Å². The third-order valence-corrected chi connectivity index (χ3v) is 5.17. The van der Waals surface area contributed by atoms with Crippen molar-refractivity contribution in [2.45, 2.75) is 104 Å². The molecule has 1 rings (SSSR count). The molecule has 22 heavy (non-hydrogen) atoms. The smallest absolute Gasteiger partial charge is 0.0162 e. The molecule has 2 atom stereocenters. The van der Waals surface area contributed by atoms with Crippen molar-refractivity contribution in [2.24, 2.45) is 0 Å². The van der Waals surface area contributed by atoms with Crippen LogP contribution in [0.5, 0.6) is 0 Å². The second kappa shape index (κ2) is 11.7. The van der Waals surface area contributed by atoms with Crippen molar-refractivity contribution in [2.75, 3.05) is 0 Å². The van der Waals surface area contributed by atoms with Crippen LogP contribution in [-0.2, 0) is 0 Å². The van der Waals surface area contributed by atoms with Crippen molar-refractivity contribution in [1.82, 2.24) is 0 Å². The van der Waals surface area contributed by atoms with Crippen molar-refractivity contribution < 1.29 is 0 Å². The van der Waals surface area contributed by atoms with E-state index in [0.717, 1.165) is 11.8 Å². The summed E-state index contributed by atoms with van der Waals surface area (Å²) in [5.41, 5.74) is 3.31. The third kappa shape index (κ3) is 6.15. The van der Waals surface area contributed by atoms with Gasteiger partial charge in [0.1, 0.15) is 0 Å². The molecule has 0 N–H and O–H groups in total. The van der Waals surface area contributed by atoms with Crippen LogP contribution in [0.2, 0.25) is 0 Å². The molecule has 0 radical (unpaired) electrons. The second-order valence-electron chi connectivity index (χ2n) is 6.83. The van der Waals surface area contributed by atoms with Gasteiger partial charge in [0.25, 0.3) is 0 Å². The first-order valence-electron chi connectivity index (χ1n) is 9.87. The standard InChI is InChI=1S/C22H38/c1-5-9-11-15-19(7-3)21-17-13-14-18-22(21)20(8-4)16-12-10-6-2/h13-14,17-20H,5-12,15-16H2,1-4H3. The molecule has 0 amide bonds. The zero-order chi connectivity index (χ0) is 16.2. The minimum absolute atomic E-state index is 0.767. The van der Waals surface area contributed by atoms with E-state index in [2.05, 4.69) is 52.0 Å². The van der Waals surface area contributed by atoms with Crippen molar-refractivity contribution >= 4 is 0 Å². The lowest BCUT2D eigenvalue weighted by Gasteiger charge is -2.24. The summed E-state index contributed by atoms with van der Waals surface area (Å²) in [5.74, 6) is 1.53. The fourth-order valence-corrected chi connectivity index (χ4v) is 3.70. The number of unbranched alkanes of at least 4 members (excludes halogenated alkanes) is 4. The van der Waals surface area contributed by atoms with E-state index in [1.54, 1.807) is 11.1 Å². The number of benzene rings is 1. The highest BCUT2D eigenvalue weighted by molar-refractivity contribution is 5.33. The Morgan fingerprint density at radius 2 is 1.05 bits per heavy atom. The molecule has 0 bridgehead atoms. The van der Waals surface area contributed by atoms with Gasteiger partial charge in [0.2, 0.25) is 0 Å². The second-order valence-corrected chi connectivity index (χ2v) is 6.83. The Morgan fingerprint density at radius 1 is 0.636 bits per heavy atom. The molecule has 0 heteroatoms. The third-order valence-electron chi connectivity index (χ3n) is 5.17. The fourth-order valence-electron chi connectivity index (χ4n) is 3.70. The molecule has 1 aromatic carbocycles. The van der Waals surface area contributed by atoms with E-state index in [0.29, 0.717) is 0 Å². The van der Waals surface area contributed by atoms with Gasteiger partial charge in [0.15, 0.2) is 0 Å².